The van der Waals surface area contributed by atoms with Crippen LogP contribution in [0.1, 0.15) is 35.2 Å². The fourth-order valence-corrected chi connectivity index (χ4v) is 4.65. The summed E-state index contributed by atoms with van der Waals surface area (Å²) in [6.07, 6.45) is 2.95. The summed E-state index contributed by atoms with van der Waals surface area (Å²) in [5.74, 6) is -0.967. The fourth-order valence-electron chi connectivity index (χ4n) is 3.32. The maximum absolute atomic E-state index is 12.9. The molecule has 0 saturated carbocycles. The van der Waals surface area contributed by atoms with E-state index in [2.05, 4.69) is 4.72 Å². The monoisotopic (exact) mass is 480 g/mol. The zero-order chi connectivity index (χ0) is 23.1. The van der Waals surface area contributed by atoms with Crippen LogP contribution in [0, 0.1) is 0 Å². The molecule has 1 fully saturated rings. The highest BCUT2D eigenvalue weighted by atomic mass is 35.5. The predicted octanol–water partition coefficient (Wildman–Crippen LogP) is 3.00. The molecule has 0 spiro atoms. The van der Waals surface area contributed by atoms with Gasteiger partial charge >= 0.3 is 5.97 Å². The molecule has 0 bridgehead atoms. The molecule has 32 heavy (non-hydrogen) atoms. The summed E-state index contributed by atoms with van der Waals surface area (Å²) in [5, 5.41) is 0.545. The fraction of sp³-hybridized carbons (Fsp3) is 0.364. The van der Waals surface area contributed by atoms with Gasteiger partial charge < -0.3 is 14.4 Å². The van der Waals surface area contributed by atoms with Crippen LogP contribution in [0.2, 0.25) is 5.02 Å². The van der Waals surface area contributed by atoms with Crippen molar-refractivity contribution in [3.05, 3.63) is 58.6 Å². The van der Waals surface area contributed by atoms with Gasteiger partial charge in [-0.15, -0.1) is 0 Å². The van der Waals surface area contributed by atoms with Crippen LogP contribution in [0.4, 0.5) is 0 Å². The summed E-state index contributed by atoms with van der Waals surface area (Å²) in [7, 11) is -2.67. The van der Waals surface area contributed by atoms with Gasteiger partial charge in [-0.25, -0.2) is 17.9 Å². The molecular weight excluding hydrogens is 456 g/mol. The minimum absolute atomic E-state index is 0.00381. The van der Waals surface area contributed by atoms with Gasteiger partial charge in [0.2, 0.25) is 10.0 Å². The smallest absolute Gasteiger partial charge is 0.338 e. The van der Waals surface area contributed by atoms with E-state index in [-0.39, 0.29) is 35.3 Å². The number of amides is 1. The summed E-state index contributed by atoms with van der Waals surface area (Å²) >= 11 is 5.85. The molecule has 0 radical (unpaired) electrons. The average molecular weight is 481 g/mol. The topological polar surface area (TPSA) is 102 Å². The molecule has 2 aromatic rings. The number of benzene rings is 2. The quantitative estimate of drug-likeness (QED) is 0.583. The molecule has 1 N–H and O–H groups in total. The molecule has 3 rings (SSSR count). The van der Waals surface area contributed by atoms with Crippen molar-refractivity contribution >= 4 is 33.5 Å². The third kappa shape index (κ3) is 6.21. The van der Waals surface area contributed by atoms with E-state index in [9.17, 15) is 18.0 Å². The number of sulfonamides is 1. The van der Waals surface area contributed by atoms with Crippen LogP contribution in [-0.2, 0) is 26.1 Å². The van der Waals surface area contributed by atoms with Gasteiger partial charge in [-0.1, -0.05) is 23.7 Å². The third-order valence-corrected chi connectivity index (χ3v) is 6.78. The number of rotatable bonds is 8. The van der Waals surface area contributed by atoms with Crippen molar-refractivity contribution in [3.63, 3.8) is 0 Å². The van der Waals surface area contributed by atoms with Crippen molar-refractivity contribution < 1.29 is 27.5 Å². The number of nitrogens with one attached hydrogen (secondary N) is 1. The molecule has 10 heteroatoms. The summed E-state index contributed by atoms with van der Waals surface area (Å²) in [4.78, 5) is 26.1. The molecule has 1 heterocycles. The predicted molar refractivity (Wildman–Crippen MR) is 119 cm³/mol. The summed E-state index contributed by atoms with van der Waals surface area (Å²) < 4.78 is 38.5. The molecular formula is C22H25ClN2O6S. The molecule has 1 aliphatic heterocycles. The maximum Gasteiger partial charge on any atom is 0.338 e. The average Bonchev–Trinajstić information content (AvgIpc) is 2.82. The Morgan fingerprint density at radius 3 is 2.41 bits per heavy atom. The summed E-state index contributed by atoms with van der Waals surface area (Å²) in [5.41, 5.74) is 0.716. The zero-order valence-electron chi connectivity index (χ0n) is 17.7. The number of esters is 1. The van der Waals surface area contributed by atoms with E-state index in [1.807, 2.05) is 0 Å². The van der Waals surface area contributed by atoms with Crippen molar-refractivity contribution in [2.45, 2.75) is 30.7 Å². The van der Waals surface area contributed by atoms with E-state index < -0.39 is 16.0 Å². The first-order chi connectivity index (χ1) is 15.3. The highest BCUT2D eigenvalue weighted by Crippen LogP contribution is 2.25. The largest absolute Gasteiger partial charge is 0.495 e. The van der Waals surface area contributed by atoms with Gasteiger partial charge in [0.1, 0.15) is 10.6 Å². The lowest BCUT2D eigenvalue weighted by molar-refractivity contribution is -0.135. The minimum Gasteiger partial charge on any atom is -0.495 e. The first-order valence-electron chi connectivity index (χ1n) is 10.2. The lowest BCUT2D eigenvalue weighted by atomic mass is 10.1. The Bertz CT molecular complexity index is 1070. The second-order valence-corrected chi connectivity index (χ2v) is 9.51. The van der Waals surface area contributed by atoms with Crippen LogP contribution < -0.4 is 9.46 Å². The van der Waals surface area contributed by atoms with Crippen LogP contribution in [0.15, 0.2) is 47.4 Å². The van der Waals surface area contributed by atoms with Crippen LogP contribution in [-0.4, -0.2) is 52.0 Å². The number of ether oxygens (including phenoxy) is 2. The van der Waals surface area contributed by atoms with Crippen molar-refractivity contribution in [1.82, 2.24) is 9.62 Å². The Kier molecular flexibility index (Phi) is 8.11. The lowest BCUT2D eigenvalue weighted by Gasteiger charge is -2.26. The molecule has 1 amide bonds. The normalized spacial score (nSPS) is 14.1. The van der Waals surface area contributed by atoms with E-state index in [4.69, 9.17) is 21.1 Å². The Balaban J connectivity index is 1.70. The van der Waals surface area contributed by atoms with Crippen LogP contribution in [0.25, 0.3) is 0 Å². The van der Waals surface area contributed by atoms with Gasteiger partial charge in [0.25, 0.3) is 5.91 Å². The Morgan fingerprint density at radius 2 is 1.75 bits per heavy atom. The Hall–Kier alpha value is -2.62. The first kappa shape index (κ1) is 24.0. The van der Waals surface area contributed by atoms with Gasteiger partial charge in [0.05, 0.1) is 12.7 Å². The van der Waals surface area contributed by atoms with Gasteiger partial charge in [-0.3, -0.25) is 4.79 Å². The van der Waals surface area contributed by atoms with Crippen molar-refractivity contribution in [2.75, 3.05) is 26.8 Å². The minimum atomic E-state index is -4.01. The number of carbonyl (C=O) groups excluding carboxylic acids is 2. The number of nitrogens with zero attached hydrogens (tertiary/aromatic N) is 1. The molecule has 8 nitrogen and oxygen atoms in total. The molecule has 0 aliphatic carbocycles. The molecule has 1 aliphatic rings. The number of methoxy groups -OCH3 is 1. The zero-order valence-corrected chi connectivity index (χ0v) is 19.2. The molecule has 0 aromatic heterocycles. The highest BCUT2D eigenvalue weighted by Gasteiger charge is 2.23. The standard InChI is InChI=1S/C22H25ClN2O6S/c1-30-19-10-7-17(22(27)31-15-21(26)25-11-3-2-4-12-25)13-20(19)32(28,29)24-14-16-5-8-18(23)9-6-16/h5-10,13,24H,2-4,11-12,14-15H2,1H3. The number of likely N-dealkylation sites (tertiary alicyclic amines) is 1. The number of hydrogen-bond donors (Lipinski definition) is 1. The molecule has 1 saturated heterocycles. The number of hydrogen-bond acceptors (Lipinski definition) is 6. The molecule has 172 valence electrons. The third-order valence-electron chi connectivity index (χ3n) is 5.10. The second kappa shape index (κ2) is 10.8. The molecule has 2 aromatic carbocycles. The summed E-state index contributed by atoms with van der Waals surface area (Å²) in [6, 6.07) is 10.7. The van der Waals surface area contributed by atoms with Crippen LogP contribution in [0.5, 0.6) is 5.75 Å². The van der Waals surface area contributed by atoms with Gasteiger partial charge in [-0.05, 0) is 55.2 Å². The summed E-state index contributed by atoms with van der Waals surface area (Å²) in [6.45, 7) is 0.949. The van der Waals surface area contributed by atoms with Crippen molar-refractivity contribution in [1.29, 1.82) is 0 Å². The van der Waals surface area contributed by atoms with E-state index in [0.717, 1.165) is 19.3 Å². The van der Waals surface area contributed by atoms with E-state index in [1.165, 1.54) is 25.3 Å². The number of piperidine rings is 1. The molecule has 0 unspecified atom stereocenters. The lowest BCUT2D eigenvalue weighted by Crippen LogP contribution is -2.38. The first-order valence-corrected chi connectivity index (χ1v) is 12.0. The van der Waals surface area contributed by atoms with Crippen molar-refractivity contribution in [3.8, 4) is 5.75 Å². The van der Waals surface area contributed by atoms with E-state index >= 15 is 0 Å². The number of carbonyl (C=O) groups is 2. The van der Waals surface area contributed by atoms with Crippen LogP contribution >= 0.6 is 11.6 Å². The maximum atomic E-state index is 12.9. The van der Waals surface area contributed by atoms with Crippen molar-refractivity contribution in [2.24, 2.45) is 0 Å². The number of halogens is 1. The Labute approximate surface area is 192 Å². The van der Waals surface area contributed by atoms with Crippen LogP contribution in [0.3, 0.4) is 0 Å². The second-order valence-electron chi connectivity index (χ2n) is 7.33. The Morgan fingerprint density at radius 1 is 1.06 bits per heavy atom. The molecule has 0 atom stereocenters. The SMILES string of the molecule is COc1ccc(C(=O)OCC(=O)N2CCCCC2)cc1S(=O)(=O)NCc1ccc(Cl)cc1. The highest BCUT2D eigenvalue weighted by molar-refractivity contribution is 7.89. The van der Waals surface area contributed by atoms with E-state index in [1.54, 1.807) is 29.2 Å². The van der Waals surface area contributed by atoms with Gasteiger partial charge in [-0.2, -0.15) is 0 Å². The van der Waals surface area contributed by atoms with Gasteiger partial charge in [0, 0.05) is 24.7 Å². The van der Waals surface area contributed by atoms with E-state index in [0.29, 0.717) is 23.7 Å². The van der Waals surface area contributed by atoms with Gasteiger partial charge in [0.15, 0.2) is 6.61 Å².